The standard InChI is InChI=1S/C20H28N2O5/c1-4-14(3)27-19(24)12-17-20(25)21-10-11-22(17)18(23)13-26-16-8-6-15(5-2)7-9-16/h6-9,14,17H,4-5,10-13H2,1-3H3,(H,21,25). The summed E-state index contributed by atoms with van der Waals surface area (Å²) < 4.78 is 10.8. The Kier molecular flexibility index (Phi) is 7.64. The van der Waals surface area contributed by atoms with Gasteiger partial charge in [-0.2, -0.15) is 0 Å². The van der Waals surface area contributed by atoms with E-state index in [0.29, 0.717) is 25.3 Å². The number of amides is 2. The van der Waals surface area contributed by atoms with E-state index in [1.165, 1.54) is 10.5 Å². The van der Waals surface area contributed by atoms with Crippen molar-refractivity contribution in [2.45, 2.75) is 52.2 Å². The first-order valence-electron chi connectivity index (χ1n) is 9.43. The van der Waals surface area contributed by atoms with Gasteiger partial charge < -0.3 is 19.7 Å². The van der Waals surface area contributed by atoms with Crippen molar-refractivity contribution < 1.29 is 23.9 Å². The van der Waals surface area contributed by atoms with Crippen LogP contribution in [0.2, 0.25) is 0 Å². The number of hydrogen-bond donors (Lipinski definition) is 1. The third kappa shape index (κ3) is 5.98. The zero-order valence-electron chi connectivity index (χ0n) is 16.2. The van der Waals surface area contributed by atoms with E-state index in [2.05, 4.69) is 12.2 Å². The van der Waals surface area contributed by atoms with Crippen molar-refractivity contribution in [3.63, 3.8) is 0 Å². The lowest BCUT2D eigenvalue weighted by molar-refractivity contribution is -0.155. The molecule has 27 heavy (non-hydrogen) atoms. The van der Waals surface area contributed by atoms with E-state index in [9.17, 15) is 14.4 Å². The topological polar surface area (TPSA) is 84.9 Å². The zero-order chi connectivity index (χ0) is 19.8. The average molecular weight is 376 g/mol. The van der Waals surface area contributed by atoms with Crippen LogP contribution in [0.1, 0.15) is 39.2 Å². The average Bonchev–Trinajstić information content (AvgIpc) is 2.67. The molecule has 1 fully saturated rings. The predicted octanol–water partition coefficient (Wildman–Crippen LogP) is 1.69. The Bertz CT molecular complexity index is 659. The van der Waals surface area contributed by atoms with Gasteiger partial charge in [-0.05, 0) is 37.5 Å². The first kappa shape index (κ1) is 20.7. The molecule has 1 aliphatic rings. The Labute approximate surface area is 160 Å². The minimum absolute atomic E-state index is 0.160. The molecule has 0 aromatic heterocycles. The first-order chi connectivity index (χ1) is 12.9. The Hall–Kier alpha value is -2.57. The minimum atomic E-state index is -0.867. The molecule has 1 saturated heterocycles. The van der Waals surface area contributed by atoms with Gasteiger partial charge in [0.25, 0.3) is 5.91 Å². The highest BCUT2D eigenvalue weighted by atomic mass is 16.5. The highest BCUT2D eigenvalue weighted by Gasteiger charge is 2.35. The lowest BCUT2D eigenvalue weighted by atomic mass is 10.1. The molecule has 1 aromatic carbocycles. The van der Waals surface area contributed by atoms with Crippen molar-refractivity contribution in [2.24, 2.45) is 0 Å². The monoisotopic (exact) mass is 376 g/mol. The van der Waals surface area contributed by atoms with Crippen molar-refractivity contribution in [3.05, 3.63) is 29.8 Å². The molecular formula is C20H28N2O5. The number of piperazine rings is 1. The second-order valence-corrected chi connectivity index (χ2v) is 6.59. The molecule has 7 nitrogen and oxygen atoms in total. The number of carbonyl (C=O) groups is 3. The molecule has 0 radical (unpaired) electrons. The molecule has 1 N–H and O–H groups in total. The molecule has 7 heteroatoms. The van der Waals surface area contributed by atoms with Crippen LogP contribution in [0.25, 0.3) is 0 Å². The summed E-state index contributed by atoms with van der Waals surface area (Å²) in [4.78, 5) is 38.2. The van der Waals surface area contributed by atoms with E-state index < -0.39 is 12.0 Å². The van der Waals surface area contributed by atoms with E-state index in [1.54, 1.807) is 6.92 Å². The Morgan fingerprint density at radius 3 is 2.59 bits per heavy atom. The van der Waals surface area contributed by atoms with Gasteiger partial charge in [0.05, 0.1) is 12.5 Å². The van der Waals surface area contributed by atoms with Gasteiger partial charge >= 0.3 is 5.97 Å². The van der Waals surface area contributed by atoms with Crippen LogP contribution < -0.4 is 10.1 Å². The largest absolute Gasteiger partial charge is 0.484 e. The van der Waals surface area contributed by atoms with Crippen LogP contribution in [-0.2, 0) is 25.5 Å². The van der Waals surface area contributed by atoms with Crippen LogP contribution in [0.5, 0.6) is 5.75 Å². The number of esters is 1. The van der Waals surface area contributed by atoms with Gasteiger partial charge in [-0.25, -0.2) is 0 Å². The van der Waals surface area contributed by atoms with E-state index in [-0.39, 0.29) is 30.9 Å². The second kappa shape index (κ2) is 9.94. The fourth-order valence-corrected chi connectivity index (χ4v) is 2.78. The molecule has 0 aliphatic carbocycles. The van der Waals surface area contributed by atoms with E-state index in [1.807, 2.05) is 31.2 Å². The fraction of sp³-hybridized carbons (Fsp3) is 0.550. The molecule has 148 valence electrons. The summed E-state index contributed by atoms with van der Waals surface area (Å²) in [5.41, 5.74) is 1.18. The summed E-state index contributed by atoms with van der Waals surface area (Å²) in [6, 6.07) is 6.66. The van der Waals surface area contributed by atoms with Crippen molar-refractivity contribution in [1.29, 1.82) is 0 Å². The third-order valence-corrected chi connectivity index (χ3v) is 4.61. The van der Waals surface area contributed by atoms with Crippen LogP contribution in [0, 0.1) is 0 Å². The van der Waals surface area contributed by atoms with Crippen LogP contribution in [0.15, 0.2) is 24.3 Å². The molecule has 2 unspecified atom stereocenters. The zero-order valence-corrected chi connectivity index (χ0v) is 16.2. The van der Waals surface area contributed by atoms with Crippen LogP contribution in [0.4, 0.5) is 0 Å². The van der Waals surface area contributed by atoms with E-state index >= 15 is 0 Å². The van der Waals surface area contributed by atoms with Crippen molar-refractivity contribution in [1.82, 2.24) is 10.2 Å². The Balaban J connectivity index is 1.96. The summed E-state index contributed by atoms with van der Waals surface area (Å²) in [5.74, 6) is -0.566. The smallest absolute Gasteiger partial charge is 0.308 e. The molecule has 2 atom stereocenters. The van der Waals surface area contributed by atoms with Gasteiger partial charge in [0, 0.05) is 13.1 Å². The SMILES string of the molecule is CCc1ccc(OCC(=O)N2CCNC(=O)C2CC(=O)OC(C)CC)cc1. The normalized spacial score (nSPS) is 17.8. The lowest BCUT2D eigenvalue weighted by Gasteiger charge is -2.34. The lowest BCUT2D eigenvalue weighted by Crippen LogP contribution is -2.58. The highest BCUT2D eigenvalue weighted by Crippen LogP contribution is 2.15. The van der Waals surface area contributed by atoms with Crippen LogP contribution in [0.3, 0.4) is 0 Å². The van der Waals surface area contributed by atoms with Gasteiger partial charge in [-0.15, -0.1) is 0 Å². The van der Waals surface area contributed by atoms with Gasteiger partial charge in [0.2, 0.25) is 5.91 Å². The molecule has 2 rings (SSSR count). The Morgan fingerprint density at radius 1 is 1.26 bits per heavy atom. The second-order valence-electron chi connectivity index (χ2n) is 6.59. The van der Waals surface area contributed by atoms with Gasteiger partial charge in [-0.1, -0.05) is 26.0 Å². The summed E-state index contributed by atoms with van der Waals surface area (Å²) in [7, 11) is 0. The Morgan fingerprint density at radius 2 is 1.96 bits per heavy atom. The molecule has 2 amide bonds. The number of rotatable bonds is 8. The third-order valence-electron chi connectivity index (χ3n) is 4.61. The predicted molar refractivity (Wildman–Crippen MR) is 100 cm³/mol. The van der Waals surface area contributed by atoms with Gasteiger partial charge in [0.1, 0.15) is 11.8 Å². The molecule has 1 aromatic rings. The van der Waals surface area contributed by atoms with Crippen molar-refractivity contribution >= 4 is 17.8 Å². The summed E-state index contributed by atoms with van der Waals surface area (Å²) in [6.07, 6.45) is 1.24. The molecule has 1 aliphatic heterocycles. The molecule has 1 heterocycles. The number of nitrogens with one attached hydrogen (secondary N) is 1. The maximum absolute atomic E-state index is 12.6. The maximum Gasteiger partial charge on any atom is 0.308 e. The molecular weight excluding hydrogens is 348 g/mol. The summed E-state index contributed by atoms with van der Waals surface area (Å²) in [5, 5.41) is 2.69. The van der Waals surface area contributed by atoms with Crippen molar-refractivity contribution in [2.75, 3.05) is 19.7 Å². The first-order valence-corrected chi connectivity index (χ1v) is 9.43. The summed E-state index contributed by atoms with van der Waals surface area (Å²) >= 11 is 0. The van der Waals surface area contributed by atoms with Crippen LogP contribution in [-0.4, -0.2) is 54.5 Å². The number of aryl methyl sites for hydroxylation is 1. The molecule has 0 saturated carbocycles. The van der Waals surface area contributed by atoms with Crippen molar-refractivity contribution in [3.8, 4) is 5.75 Å². The number of carbonyl (C=O) groups excluding carboxylic acids is 3. The van der Waals surface area contributed by atoms with Gasteiger partial charge in [-0.3, -0.25) is 14.4 Å². The van der Waals surface area contributed by atoms with E-state index in [4.69, 9.17) is 9.47 Å². The number of nitrogens with zero attached hydrogens (tertiary/aromatic N) is 1. The highest BCUT2D eigenvalue weighted by molar-refractivity contribution is 5.92. The fourth-order valence-electron chi connectivity index (χ4n) is 2.78. The van der Waals surface area contributed by atoms with E-state index in [0.717, 1.165) is 6.42 Å². The molecule has 0 spiro atoms. The van der Waals surface area contributed by atoms with Crippen LogP contribution >= 0.6 is 0 Å². The summed E-state index contributed by atoms with van der Waals surface area (Å²) in [6.45, 7) is 6.27. The molecule has 0 bridgehead atoms. The quantitative estimate of drug-likeness (QED) is 0.698. The maximum atomic E-state index is 12.6. The number of benzene rings is 1. The number of ether oxygens (including phenoxy) is 2. The van der Waals surface area contributed by atoms with Gasteiger partial charge in [0.15, 0.2) is 6.61 Å². The minimum Gasteiger partial charge on any atom is -0.484 e. The number of hydrogen-bond acceptors (Lipinski definition) is 5.